The van der Waals surface area contributed by atoms with Gasteiger partial charge in [-0.2, -0.15) is 0 Å². The largest absolute Gasteiger partial charge is 0.364 e. The van der Waals surface area contributed by atoms with Crippen LogP contribution in [0.4, 0.5) is 0 Å². The van der Waals surface area contributed by atoms with Crippen molar-refractivity contribution >= 4 is 5.78 Å². The van der Waals surface area contributed by atoms with Gasteiger partial charge in [-0.15, -0.1) is 0 Å². The van der Waals surface area contributed by atoms with Crippen LogP contribution in [0, 0.1) is 0 Å². The van der Waals surface area contributed by atoms with Gasteiger partial charge in [0.05, 0.1) is 6.10 Å². The molecule has 0 amide bonds. The van der Waals surface area contributed by atoms with E-state index < -0.39 is 0 Å². The van der Waals surface area contributed by atoms with Gasteiger partial charge in [0.1, 0.15) is 5.60 Å². The fraction of sp³-hybridized carbons (Fsp3) is 0.923. The van der Waals surface area contributed by atoms with Crippen molar-refractivity contribution in [3.05, 3.63) is 0 Å². The van der Waals surface area contributed by atoms with E-state index in [-0.39, 0.29) is 11.4 Å². The van der Waals surface area contributed by atoms with Crippen LogP contribution in [0.2, 0.25) is 0 Å². The Morgan fingerprint density at radius 2 is 2.00 bits per heavy atom. The third kappa shape index (κ3) is 3.60. The molecule has 1 atom stereocenters. The summed E-state index contributed by atoms with van der Waals surface area (Å²) < 4.78 is 5.96. The van der Waals surface area contributed by atoms with E-state index in [0.717, 1.165) is 25.7 Å². The number of ether oxygens (including phenoxy) is 1. The first-order chi connectivity index (χ1) is 7.14. The molecule has 1 rings (SSSR count). The third-order valence-electron chi connectivity index (χ3n) is 3.32. The van der Waals surface area contributed by atoms with Crippen LogP contribution in [0.1, 0.15) is 65.7 Å². The van der Waals surface area contributed by atoms with Crippen molar-refractivity contribution in [2.45, 2.75) is 77.4 Å². The SMILES string of the molecule is CCCCCC(CC)OC1(C(C)=O)CC1. The van der Waals surface area contributed by atoms with Gasteiger partial charge in [-0.3, -0.25) is 4.79 Å². The van der Waals surface area contributed by atoms with Gasteiger partial charge in [0.15, 0.2) is 5.78 Å². The Hall–Kier alpha value is -0.370. The highest BCUT2D eigenvalue weighted by Gasteiger charge is 2.49. The monoisotopic (exact) mass is 212 g/mol. The van der Waals surface area contributed by atoms with Crippen LogP contribution in [0.5, 0.6) is 0 Å². The smallest absolute Gasteiger partial charge is 0.161 e. The molecular weight excluding hydrogens is 188 g/mol. The van der Waals surface area contributed by atoms with Gasteiger partial charge >= 0.3 is 0 Å². The minimum absolute atomic E-state index is 0.219. The molecule has 1 fully saturated rings. The number of carbonyl (C=O) groups excluding carboxylic acids is 1. The molecule has 1 saturated carbocycles. The number of Topliss-reactive ketones (excluding diaryl/α,β-unsaturated/α-hetero) is 1. The summed E-state index contributed by atoms with van der Waals surface area (Å²) in [5.41, 5.74) is -0.368. The molecule has 1 aliphatic rings. The average Bonchev–Trinajstić information content (AvgIpc) is 2.98. The summed E-state index contributed by atoms with van der Waals surface area (Å²) in [6.45, 7) is 6.01. The van der Waals surface area contributed by atoms with E-state index in [2.05, 4.69) is 13.8 Å². The molecule has 88 valence electrons. The van der Waals surface area contributed by atoms with Crippen LogP contribution in [0.25, 0.3) is 0 Å². The molecule has 0 heterocycles. The molecule has 0 aromatic carbocycles. The van der Waals surface area contributed by atoms with Crippen molar-refractivity contribution in [2.24, 2.45) is 0 Å². The lowest BCUT2D eigenvalue weighted by atomic mass is 10.1. The lowest BCUT2D eigenvalue weighted by molar-refractivity contribution is -0.136. The van der Waals surface area contributed by atoms with Crippen LogP contribution in [0.3, 0.4) is 0 Å². The molecule has 1 aliphatic carbocycles. The standard InChI is InChI=1S/C13H24O2/c1-4-6-7-8-12(5-2)15-13(9-10-13)11(3)14/h12H,4-10H2,1-3H3. The molecule has 1 unspecified atom stereocenters. The van der Waals surface area contributed by atoms with Crippen molar-refractivity contribution < 1.29 is 9.53 Å². The number of rotatable bonds is 8. The zero-order chi connectivity index (χ0) is 11.3. The van der Waals surface area contributed by atoms with Crippen LogP contribution in [0.15, 0.2) is 0 Å². The van der Waals surface area contributed by atoms with Crippen molar-refractivity contribution in [1.82, 2.24) is 0 Å². The van der Waals surface area contributed by atoms with E-state index in [1.165, 1.54) is 19.3 Å². The summed E-state index contributed by atoms with van der Waals surface area (Å²) in [6.07, 6.45) is 8.05. The summed E-state index contributed by atoms with van der Waals surface area (Å²) in [5.74, 6) is 0.219. The first-order valence-electron chi connectivity index (χ1n) is 6.33. The van der Waals surface area contributed by atoms with E-state index in [4.69, 9.17) is 4.74 Å². The van der Waals surface area contributed by atoms with Gasteiger partial charge in [-0.25, -0.2) is 0 Å². The summed E-state index contributed by atoms with van der Waals surface area (Å²) in [4.78, 5) is 11.4. The fourth-order valence-corrected chi connectivity index (χ4v) is 1.95. The van der Waals surface area contributed by atoms with Gasteiger partial charge in [-0.1, -0.05) is 33.1 Å². The number of hydrogen-bond acceptors (Lipinski definition) is 2. The maximum Gasteiger partial charge on any atom is 0.161 e. The van der Waals surface area contributed by atoms with Gasteiger partial charge < -0.3 is 4.74 Å². The molecule has 0 aliphatic heterocycles. The highest BCUT2D eigenvalue weighted by molar-refractivity contribution is 5.87. The Morgan fingerprint density at radius 3 is 2.40 bits per heavy atom. The number of carbonyl (C=O) groups is 1. The fourth-order valence-electron chi connectivity index (χ4n) is 1.95. The predicted molar refractivity (Wildman–Crippen MR) is 62.0 cm³/mol. The van der Waals surface area contributed by atoms with Crippen molar-refractivity contribution in [2.75, 3.05) is 0 Å². The Morgan fingerprint density at radius 1 is 1.33 bits per heavy atom. The summed E-state index contributed by atoms with van der Waals surface area (Å²) in [6, 6.07) is 0. The normalized spacial score (nSPS) is 19.9. The Bertz CT molecular complexity index is 207. The number of ketones is 1. The molecule has 0 bridgehead atoms. The third-order valence-corrected chi connectivity index (χ3v) is 3.32. The number of hydrogen-bond donors (Lipinski definition) is 0. The second kappa shape index (κ2) is 5.64. The predicted octanol–water partition coefficient (Wildman–Crippen LogP) is 3.48. The molecule has 2 heteroatoms. The highest BCUT2D eigenvalue weighted by atomic mass is 16.5. The molecule has 2 nitrogen and oxygen atoms in total. The van der Waals surface area contributed by atoms with Crippen molar-refractivity contribution in [3.63, 3.8) is 0 Å². The molecule has 0 N–H and O–H groups in total. The second-order valence-corrected chi connectivity index (χ2v) is 4.69. The molecule has 0 radical (unpaired) electrons. The lowest BCUT2D eigenvalue weighted by Crippen LogP contribution is -2.29. The number of unbranched alkanes of at least 4 members (excludes halogenated alkanes) is 2. The quantitative estimate of drug-likeness (QED) is 0.576. The van der Waals surface area contributed by atoms with Gasteiger partial charge in [0.25, 0.3) is 0 Å². The lowest BCUT2D eigenvalue weighted by Gasteiger charge is -2.22. The molecule has 0 spiro atoms. The molecule has 0 aromatic rings. The maximum absolute atomic E-state index is 11.4. The molecule has 0 aromatic heterocycles. The summed E-state index contributed by atoms with van der Waals surface area (Å²) in [7, 11) is 0. The zero-order valence-corrected chi connectivity index (χ0v) is 10.3. The molecule has 0 saturated heterocycles. The Kier molecular flexibility index (Phi) is 4.78. The van der Waals surface area contributed by atoms with E-state index >= 15 is 0 Å². The Labute approximate surface area is 93.4 Å². The minimum atomic E-state index is -0.368. The van der Waals surface area contributed by atoms with Gasteiger partial charge in [0.2, 0.25) is 0 Å². The van der Waals surface area contributed by atoms with Gasteiger partial charge in [0, 0.05) is 0 Å². The minimum Gasteiger partial charge on any atom is -0.364 e. The highest BCUT2D eigenvalue weighted by Crippen LogP contribution is 2.42. The zero-order valence-electron chi connectivity index (χ0n) is 10.3. The first kappa shape index (κ1) is 12.7. The van der Waals surface area contributed by atoms with E-state index in [9.17, 15) is 4.79 Å². The van der Waals surface area contributed by atoms with Crippen LogP contribution < -0.4 is 0 Å². The van der Waals surface area contributed by atoms with Crippen LogP contribution >= 0.6 is 0 Å². The maximum atomic E-state index is 11.4. The van der Waals surface area contributed by atoms with Gasteiger partial charge in [-0.05, 0) is 32.6 Å². The first-order valence-corrected chi connectivity index (χ1v) is 6.33. The second-order valence-electron chi connectivity index (χ2n) is 4.69. The average molecular weight is 212 g/mol. The van der Waals surface area contributed by atoms with Crippen LogP contribution in [-0.4, -0.2) is 17.5 Å². The van der Waals surface area contributed by atoms with Crippen LogP contribution in [-0.2, 0) is 9.53 Å². The summed E-state index contributed by atoms with van der Waals surface area (Å²) in [5, 5.41) is 0. The van der Waals surface area contributed by atoms with E-state index in [1.54, 1.807) is 6.92 Å². The van der Waals surface area contributed by atoms with E-state index in [0.29, 0.717) is 6.10 Å². The molecular formula is C13H24O2. The molecule has 15 heavy (non-hydrogen) atoms. The Balaban J connectivity index is 2.30. The topological polar surface area (TPSA) is 26.3 Å². The van der Waals surface area contributed by atoms with E-state index in [1.807, 2.05) is 0 Å². The summed E-state index contributed by atoms with van der Waals surface area (Å²) >= 11 is 0. The van der Waals surface area contributed by atoms with Crippen molar-refractivity contribution in [3.8, 4) is 0 Å². The van der Waals surface area contributed by atoms with Crippen molar-refractivity contribution in [1.29, 1.82) is 0 Å².